The molecule has 0 aliphatic rings. The molecule has 0 amide bonds. The van der Waals surface area contributed by atoms with Crippen molar-refractivity contribution in [1.82, 2.24) is 9.97 Å². The Morgan fingerprint density at radius 2 is 1.59 bits per heavy atom. The first-order valence-electron chi connectivity index (χ1n) is 6.86. The SMILES string of the molecule is Oc1cccc(F)c1-c1ccc2ccc3cccnc3c2n1. The summed E-state index contributed by atoms with van der Waals surface area (Å²) in [5.41, 5.74) is 1.95. The van der Waals surface area contributed by atoms with E-state index in [1.807, 2.05) is 30.3 Å². The van der Waals surface area contributed by atoms with Crippen molar-refractivity contribution in [1.29, 1.82) is 0 Å². The Bertz CT molecular complexity index is 994. The second kappa shape index (κ2) is 4.77. The highest BCUT2D eigenvalue weighted by Gasteiger charge is 2.13. The van der Waals surface area contributed by atoms with E-state index in [0.29, 0.717) is 11.2 Å². The molecule has 0 radical (unpaired) electrons. The minimum atomic E-state index is -0.500. The van der Waals surface area contributed by atoms with Gasteiger partial charge in [-0.25, -0.2) is 9.37 Å². The van der Waals surface area contributed by atoms with Gasteiger partial charge in [0.05, 0.1) is 22.3 Å². The molecule has 0 atom stereocenters. The third-order valence-corrected chi connectivity index (χ3v) is 3.68. The highest BCUT2D eigenvalue weighted by Crippen LogP contribution is 2.32. The van der Waals surface area contributed by atoms with Crippen LogP contribution in [-0.2, 0) is 0 Å². The quantitative estimate of drug-likeness (QED) is 0.532. The molecule has 2 aromatic heterocycles. The standard InChI is InChI=1S/C18H11FN2O/c19-13-4-1-5-15(22)16(13)14-9-8-12-7-6-11-3-2-10-20-17(11)18(12)21-14/h1-10,22H. The van der Waals surface area contributed by atoms with Gasteiger partial charge in [-0.3, -0.25) is 4.98 Å². The van der Waals surface area contributed by atoms with Crippen molar-refractivity contribution in [3.63, 3.8) is 0 Å². The Morgan fingerprint density at radius 3 is 2.41 bits per heavy atom. The van der Waals surface area contributed by atoms with Crippen LogP contribution < -0.4 is 0 Å². The van der Waals surface area contributed by atoms with Crippen molar-refractivity contribution in [2.75, 3.05) is 0 Å². The monoisotopic (exact) mass is 290 g/mol. The number of phenols is 1. The molecule has 2 aromatic carbocycles. The molecule has 0 unspecified atom stereocenters. The summed E-state index contributed by atoms with van der Waals surface area (Å²) in [5, 5.41) is 11.8. The molecule has 1 N–H and O–H groups in total. The normalized spacial score (nSPS) is 11.1. The molecule has 4 rings (SSSR count). The lowest BCUT2D eigenvalue weighted by molar-refractivity contribution is 0.471. The van der Waals surface area contributed by atoms with E-state index in [1.165, 1.54) is 18.2 Å². The lowest BCUT2D eigenvalue weighted by Gasteiger charge is -2.08. The first kappa shape index (κ1) is 12.7. The number of hydrogen-bond acceptors (Lipinski definition) is 3. The van der Waals surface area contributed by atoms with Crippen molar-refractivity contribution < 1.29 is 9.50 Å². The Morgan fingerprint density at radius 1 is 0.818 bits per heavy atom. The molecule has 0 saturated carbocycles. The van der Waals surface area contributed by atoms with Crippen molar-refractivity contribution in [2.24, 2.45) is 0 Å². The van der Waals surface area contributed by atoms with Gasteiger partial charge in [-0.2, -0.15) is 0 Å². The first-order chi connectivity index (χ1) is 10.7. The number of nitrogens with zero attached hydrogens (tertiary/aromatic N) is 2. The van der Waals surface area contributed by atoms with E-state index < -0.39 is 5.82 Å². The summed E-state index contributed by atoms with van der Waals surface area (Å²) >= 11 is 0. The smallest absolute Gasteiger partial charge is 0.136 e. The maximum Gasteiger partial charge on any atom is 0.136 e. The molecule has 4 heteroatoms. The maximum absolute atomic E-state index is 14.0. The summed E-state index contributed by atoms with van der Waals surface area (Å²) in [7, 11) is 0. The number of rotatable bonds is 1. The summed E-state index contributed by atoms with van der Waals surface area (Å²) in [6, 6.07) is 15.5. The van der Waals surface area contributed by atoms with Gasteiger partial charge in [-0.1, -0.05) is 30.3 Å². The molecule has 106 valence electrons. The van der Waals surface area contributed by atoms with Crippen LogP contribution in [0.3, 0.4) is 0 Å². The van der Waals surface area contributed by atoms with E-state index in [0.717, 1.165) is 16.3 Å². The van der Waals surface area contributed by atoms with Crippen LogP contribution in [-0.4, -0.2) is 15.1 Å². The highest BCUT2D eigenvalue weighted by molar-refractivity contribution is 6.03. The number of aromatic nitrogens is 2. The van der Waals surface area contributed by atoms with E-state index in [1.54, 1.807) is 12.3 Å². The van der Waals surface area contributed by atoms with Crippen LogP contribution in [0.2, 0.25) is 0 Å². The van der Waals surface area contributed by atoms with Gasteiger partial charge in [-0.05, 0) is 24.3 Å². The molecule has 4 aromatic rings. The average molecular weight is 290 g/mol. The molecule has 0 aliphatic carbocycles. The molecule has 3 nitrogen and oxygen atoms in total. The summed E-state index contributed by atoms with van der Waals surface area (Å²) in [4.78, 5) is 8.90. The number of aromatic hydroxyl groups is 1. The number of hydrogen-bond donors (Lipinski definition) is 1. The van der Waals surface area contributed by atoms with Crippen molar-refractivity contribution in [2.45, 2.75) is 0 Å². The third-order valence-electron chi connectivity index (χ3n) is 3.68. The Labute approximate surface area is 125 Å². The van der Waals surface area contributed by atoms with Crippen molar-refractivity contribution in [3.8, 4) is 17.0 Å². The van der Waals surface area contributed by atoms with Crippen LogP contribution in [0, 0.1) is 5.82 Å². The zero-order valence-electron chi connectivity index (χ0n) is 11.5. The van der Waals surface area contributed by atoms with Crippen LogP contribution in [0.5, 0.6) is 5.75 Å². The predicted molar refractivity (Wildman–Crippen MR) is 84.1 cm³/mol. The zero-order valence-corrected chi connectivity index (χ0v) is 11.5. The second-order valence-corrected chi connectivity index (χ2v) is 5.04. The summed E-state index contributed by atoms with van der Waals surface area (Å²) < 4.78 is 14.0. The average Bonchev–Trinajstić information content (AvgIpc) is 2.54. The highest BCUT2D eigenvalue weighted by atomic mass is 19.1. The van der Waals surface area contributed by atoms with Gasteiger partial charge in [0.25, 0.3) is 0 Å². The number of pyridine rings is 2. The number of halogens is 1. The second-order valence-electron chi connectivity index (χ2n) is 5.04. The molecule has 0 spiro atoms. The zero-order chi connectivity index (χ0) is 15.1. The molecule has 22 heavy (non-hydrogen) atoms. The lowest BCUT2D eigenvalue weighted by Crippen LogP contribution is -1.91. The molecule has 0 fully saturated rings. The maximum atomic E-state index is 14.0. The van der Waals surface area contributed by atoms with Gasteiger partial charge in [-0.15, -0.1) is 0 Å². The number of benzene rings is 2. The molecule has 2 heterocycles. The van der Waals surface area contributed by atoms with Gasteiger partial charge in [0.15, 0.2) is 0 Å². The summed E-state index contributed by atoms with van der Waals surface area (Å²) in [6.07, 6.45) is 1.71. The van der Waals surface area contributed by atoms with Gasteiger partial charge in [0, 0.05) is 17.0 Å². The summed E-state index contributed by atoms with van der Waals surface area (Å²) in [5.74, 6) is -0.625. The third kappa shape index (κ3) is 1.89. The van der Waals surface area contributed by atoms with Gasteiger partial charge in [0.1, 0.15) is 11.6 Å². The largest absolute Gasteiger partial charge is 0.507 e. The fourth-order valence-electron chi connectivity index (χ4n) is 2.63. The Hall–Kier alpha value is -3.01. The van der Waals surface area contributed by atoms with Crippen molar-refractivity contribution in [3.05, 3.63) is 66.6 Å². The minimum absolute atomic E-state index is 0.109. The van der Waals surface area contributed by atoms with Crippen LogP contribution in [0.1, 0.15) is 0 Å². The van der Waals surface area contributed by atoms with E-state index in [4.69, 9.17) is 0 Å². The molecule has 0 aliphatic heterocycles. The van der Waals surface area contributed by atoms with Gasteiger partial charge < -0.3 is 5.11 Å². The molecular formula is C18H11FN2O. The Balaban J connectivity index is 2.07. The Kier molecular flexibility index (Phi) is 2.76. The first-order valence-corrected chi connectivity index (χ1v) is 6.86. The topological polar surface area (TPSA) is 46.0 Å². The molecule has 0 saturated heterocycles. The van der Waals surface area contributed by atoms with E-state index in [-0.39, 0.29) is 11.3 Å². The van der Waals surface area contributed by atoms with Crippen LogP contribution >= 0.6 is 0 Å². The predicted octanol–water partition coefficient (Wildman–Crippen LogP) is 4.29. The van der Waals surface area contributed by atoms with Crippen molar-refractivity contribution >= 4 is 21.8 Å². The van der Waals surface area contributed by atoms with Gasteiger partial charge >= 0.3 is 0 Å². The van der Waals surface area contributed by atoms with E-state index in [2.05, 4.69) is 9.97 Å². The van der Waals surface area contributed by atoms with Gasteiger partial charge in [0.2, 0.25) is 0 Å². The number of phenolic OH excluding ortho intramolecular Hbond substituents is 1. The van der Waals surface area contributed by atoms with E-state index >= 15 is 0 Å². The molecule has 0 bridgehead atoms. The van der Waals surface area contributed by atoms with Crippen LogP contribution in [0.15, 0.2) is 60.8 Å². The molecular weight excluding hydrogens is 279 g/mol. The minimum Gasteiger partial charge on any atom is -0.507 e. The van der Waals surface area contributed by atoms with Crippen LogP contribution in [0.4, 0.5) is 4.39 Å². The number of fused-ring (bicyclic) bond motifs is 3. The fourth-order valence-corrected chi connectivity index (χ4v) is 2.63. The van der Waals surface area contributed by atoms with E-state index in [9.17, 15) is 9.50 Å². The fraction of sp³-hybridized carbons (Fsp3) is 0. The lowest BCUT2D eigenvalue weighted by atomic mass is 10.1. The summed E-state index contributed by atoms with van der Waals surface area (Å²) in [6.45, 7) is 0. The van der Waals surface area contributed by atoms with Crippen LogP contribution in [0.25, 0.3) is 33.1 Å².